The van der Waals surface area contributed by atoms with Gasteiger partial charge in [-0.05, 0) is 26.3 Å². The van der Waals surface area contributed by atoms with E-state index in [0.29, 0.717) is 0 Å². The van der Waals surface area contributed by atoms with Gasteiger partial charge in [-0.15, -0.1) is 23.1 Å². The van der Waals surface area contributed by atoms with Gasteiger partial charge in [-0.1, -0.05) is 5.16 Å². The van der Waals surface area contributed by atoms with Crippen LogP contribution >= 0.6 is 23.1 Å². The zero-order valence-corrected chi connectivity index (χ0v) is 22.2. The van der Waals surface area contributed by atoms with Crippen molar-refractivity contribution in [1.29, 1.82) is 0 Å². The molecule has 0 radical (unpaired) electrons. The number of aromatic nitrogens is 1. The predicted octanol–water partition coefficient (Wildman–Crippen LogP) is -0.0113. The highest BCUT2D eigenvalue weighted by Gasteiger charge is 2.54. The second-order valence-corrected chi connectivity index (χ2v) is 12.8. The number of amides is 2. The van der Waals surface area contributed by atoms with Crippen molar-refractivity contribution in [1.82, 2.24) is 15.2 Å². The standard InChI is InChI=1S/C20H24N4O9S3/c1-20(2,3)33-12(25)5-32-23-13(11-7-34-9-21-11)16(26)22-14-17(27)24-15(19(28)29)10(6-35-18(14)24)8-36(4,30)31/h7,9,14,18H,5-6,8H2,1-4H3,(H,22,26)(H,28,29)/t14?,18-/m1/s1. The van der Waals surface area contributed by atoms with Crippen LogP contribution in [0.15, 0.2) is 27.3 Å². The Balaban J connectivity index is 1.75. The molecule has 16 heteroatoms. The van der Waals surface area contributed by atoms with Crippen molar-refractivity contribution in [3.63, 3.8) is 0 Å². The fourth-order valence-corrected chi connectivity index (χ4v) is 6.26. The van der Waals surface area contributed by atoms with Gasteiger partial charge in [0.15, 0.2) is 15.5 Å². The summed E-state index contributed by atoms with van der Waals surface area (Å²) in [5.74, 6) is -4.11. The van der Waals surface area contributed by atoms with Crippen LogP contribution in [-0.4, -0.2) is 94.3 Å². The molecule has 1 unspecified atom stereocenters. The highest BCUT2D eigenvalue weighted by atomic mass is 32.2. The summed E-state index contributed by atoms with van der Waals surface area (Å²) in [5, 5.41) is 16.6. The van der Waals surface area contributed by atoms with E-state index in [1.54, 1.807) is 20.8 Å². The predicted molar refractivity (Wildman–Crippen MR) is 130 cm³/mol. The molecule has 13 nitrogen and oxygen atoms in total. The van der Waals surface area contributed by atoms with E-state index in [9.17, 15) is 32.7 Å². The number of thioether (sulfide) groups is 1. The first-order chi connectivity index (χ1) is 16.7. The lowest BCUT2D eigenvalue weighted by atomic mass is 10.0. The van der Waals surface area contributed by atoms with Gasteiger partial charge in [-0.25, -0.2) is 23.0 Å². The van der Waals surface area contributed by atoms with Crippen LogP contribution in [-0.2, 0) is 38.6 Å². The molecule has 0 bridgehead atoms. The first-order valence-electron chi connectivity index (χ1n) is 10.4. The topological polar surface area (TPSA) is 182 Å². The van der Waals surface area contributed by atoms with Gasteiger partial charge in [0.1, 0.15) is 28.4 Å². The van der Waals surface area contributed by atoms with E-state index in [0.717, 1.165) is 22.9 Å². The van der Waals surface area contributed by atoms with Gasteiger partial charge < -0.3 is 20.0 Å². The third kappa shape index (κ3) is 6.61. The molecule has 1 aromatic rings. The van der Waals surface area contributed by atoms with Crippen LogP contribution in [0.4, 0.5) is 0 Å². The fourth-order valence-electron chi connectivity index (χ4n) is 3.37. The number of hydrogen-bond acceptors (Lipinski definition) is 12. The molecule has 3 heterocycles. The number of carbonyl (C=O) groups is 4. The molecule has 2 atom stereocenters. The molecule has 3 rings (SSSR count). The average Bonchev–Trinajstić information content (AvgIpc) is 3.26. The van der Waals surface area contributed by atoms with Gasteiger partial charge in [-0.2, -0.15) is 0 Å². The van der Waals surface area contributed by atoms with Crippen molar-refractivity contribution in [3.8, 4) is 0 Å². The van der Waals surface area contributed by atoms with Gasteiger partial charge in [-0.3, -0.25) is 14.5 Å². The first kappa shape index (κ1) is 27.6. The number of fused-ring (bicyclic) bond motifs is 1. The van der Waals surface area contributed by atoms with Crippen molar-refractivity contribution in [2.24, 2.45) is 5.16 Å². The van der Waals surface area contributed by atoms with Crippen LogP contribution in [0.25, 0.3) is 0 Å². The lowest BCUT2D eigenvalue weighted by Crippen LogP contribution is -2.71. The smallest absolute Gasteiger partial charge is 0.352 e. The highest BCUT2D eigenvalue weighted by Crippen LogP contribution is 2.40. The molecule has 2 aliphatic heterocycles. The van der Waals surface area contributed by atoms with Crippen LogP contribution in [0.2, 0.25) is 0 Å². The van der Waals surface area contributed by atoms with Crippen LogP contribution in [0, 0.1) is 0 Å². The van der Waals surface area contributed by atoms with Crippen LogP contribution in [0.3, 0.4) is 0 Å². The Hall–Kier alpha value is -2.98. The summed E-state index contributed by atoms with van der Waals surface area (Å²) in [5.41, 5.74) is 0.268. The Labute approximate surface area is 214 Å². The second-order valence-electron chi connectivity index (χ2n) is 8.86. The van der Waals surface area contributed by atoms with Crippen molar-refractivity contribution in [2.75, 3.05) is 24.4 Å². The minimum atomic E-state index is -3.53. The summed E-state index contributed by atoms with van der Waals surface area (Å²) >= 11 is 2.31. The molecule has 1 aromatic heterocycles. The van der Waals surface area contributed by atoms with Gasteiger partial charge in [0, 0.05) is 17.4 Å². The average molecular weight is 561 g/mol. The third-order valence-electron chi connectivity index (χ3n) is 4.62. The highest BCUT2D eigenvalue weighted by molar-refractivity contribution is 8.00. The molecular weight excluding hydrogens is 536 g/mol. The number of nitrogens with zero attached hydrogens (tertiary/aromatic N) is 3. The number of oxime groups is 1. The van der Waals surface area contributed by atoms with Crippen molar-refractivity contribution < 1.29 is 42.3 Å². The van der Waals surface area contributed by atoms with Gasteiger partial charge >= 0.3 is 11.9 Å². The number of carboxylic acid groups (broad SMARTS) is 1. The van der Waals surface area contributed by atoms with Crippen molar-refractivity contribution >= 4 is 62.4 Å². The Kier molecular flexibility index (Phi) is 8.10. The number of β-lactam (4-membered cyclic amide) rings is 1. The Bertz CT molecular complexity index is 1230. The second kappa shape index (κ2) is 10.6. The molecule has 0 aromatic carbocycles. The zero-order valence-electron chi connectivity index (χ0n) is 19.7. The summed E-state index contributed by atoms with van der Waals surface area (Å²) in [4.78, 5) is 59.4. The van der Waals surface area contributed by atoms with Gasteiger partial charge in [0.25, 0.3) is 11.8 Å². The number of esters is 1. The number of carbonyl (C=O) groups excluding carboxylic acids is 3. The quantitative estimate of drug-likeness (QED) is 0.179. The number of sulfone groups is 1. The minimum Gasteiger partial charge on any atom is -0.477 e. The maximum Gasteiger partial charge on any atom is 0.352 e. The van der Waals surface area contributed by atoms with Gasteiger partial charge in [0.05, 0.1) is 11.3 Å². The summed E-state index contributed by atoms with van der Waals surface area (Å²) in [6.07, 6.45) is 0.974. The molecule has 1 fully saturated rings. The maximum atomic E-state index is 13.0. The lowest BCUT2D eigenvalue weighted by molar-refractivity contribution is -0.160. The Morgan fingerprint density at radius 3 is 2.58 bits per heavy atom. The monoisotopic (exact) mass is 560 g/mol. The molecule has 36 heavy (non-hydrogen) atoms. The molecule has 2 aliphatic rings. The molecular formula is C20H24N4O9S3. The molecule has 0 spiro atoms. The summed E-state index contributed by atoms with van der Waals surface area (Å²) in [6, 6.07) is -1.09. The number of rotatable bonds is 9. The molecule has 1 saturated heterocycles. The van der Waals surface area contributed by atoms with Crippen LogP contribution in [0.5, 0.6) is 0 Å². The molecule has 0 saturated carbocycles. The Morgan fingerprint density at radius 1 is 1.33 bits per heavy atom. The molecule has 2 amide bonds. The van der Waals surface area contributed by atoms with E-state index in [2.05, 4.69) is 15.5 Å². The molecule has 2 N–H and O–H groups in total. The van der Waals surface area contributed by atoms with E-state index in [-0.39, 0.29) is 22.7 Å². The Morgan fingerprint density at radius 2 is 2.03 bits per heavy atom. The number of ether oxygens (including phenoxy) is 1. The number of aliphatic carboxylic acids is 1. The van der Waals surface area contributed by atoms with E-state index in [1.807, 2.05) is 0 Å². The summed E-state index contributed by atoms with van der Waals surface area (Å²) in [6.45, 7) is 4.47. The largest absolute Gasteiger partial charge is 0.477 e. The minimum absolute atomic E-state index is 0.0571. The fraction of sp³-hybridized carbons (Fsp3) is 0.500. The molecule has 0 aliphatic carbocycles. The lowest BCUT2D eigenvalue weighted by Gasteiger charge is -2.49. The first-order valence-corrected chi connectivity index (χ1v) is 14.4. The van der Waals surface area contributed by atoms with Crippen molar-refractivity contribution in [3.05, 3.63) is 27.9 Å². The zero-order chi connectivity index (χ0) is 26.8. The number of carboxylic acids is 1. The van der Waals surface area contributed by atoms with Crippen LogP contribution < -0.4 is 5.32 Å². The summed E-state index contributed by atoms with van der Waals surface area (Å²) in [7, 11) is -3.53. The van der Waals surface area contributed by atoms with E-state index in [1.165, 1.54) is 22.2 Å². The van der Waals surface area contributed by atoms with Crippen molar-refractivity contribution in [2.45, 2.75) is 37.8 Å². The van der Waals surface area contributed by atoms with E-state index in [4.69, 9.17) is 9.57 Å². The third-order valence-corrected chi connectivity index (χ3v) is 7.42. The van der Waals surface area contributed by atoms with Crippen LogP contribution in [0.1, 0.15) is 26.5 Å². The van der Waals surface area contributed by atoms with Gasteiger partial charge in [0.2, 0.25) is 6.61 Å². The normalized spacial score (nSPS) is 20.4. The van der Waals surface area contributed by atoms with E-state index < -0.39 is 68.7 Å². The summed E-state index contributed by atoms with van der Waals surface area (Å²) < 4.78 is 28.5. The number of thiazole rings is 1. The van der Waals surface area contributed by atoms with E-state index >= 15 is 0 Å². The number of hydrogen-bond donors (Lipinski definition) is 2. The SMILES string of the molecule is CC(C)(C)OC(=O)CON=C(C(=O)NC1C(=O)N2C(C(=O)O)=C(CS(C)(=O)=O)CS[C@H]12)c1cscn1. The molecule has 196 valence electrons. The number of nitrogens with one attached hydrogen (secondary N) is 1. The maximum absolute atomic E-state index is 13.0.